The first-order valence-corrected chi connectivity index (χ1v) is 5.25. The second-order valence-corrected chi connectivity index (χ2v) is 4.00. The molecule has 2 rings (SSSR count). The molecule has 0 N–H and O–H groups in total. The number of rotatable bonds is 1. The van der Waals surface area contributed by atoms with Gasteiger partial charge in [0.25, 0.3) is 0 Å². The Kier molecular flexibility index (Phi) is 2.98. The predicted octanol–water partition coefficient (Wildman–Crippen LogP) is 3.12. The highest BCUT2D eigenvalue weighted by Gasteiger charge is 2.13. The summed E-state index contributed by atoms with van der Waals surface area (Å²) in [4.78, 5) is 15.4. The van der Waals surface area contributed by atoms with Gasteiger partial charge in [-0.15, -0.1) is 0 Å². The van der Waals surface area contributed by atoms with Crippen molar-refractivity contribution in [3.05, 3.63) is 40.3 Å². The summed E-state index contributed by atoms with van der Waals surface area (Å²) in [5, 5.41) is 0.759. The van der Waals surface area contributed by atoms with Crippen LogP contribution < -0.4 is 0 Å². The maximum Gasteiger partial charge on any atom is 0.337 e. The summed E-state index contributed by atoms with van der Waals surface area (Å²) in [5.74, 6) is -1.20. The highest BCUT2D eigenvalue weighted by atomic mass is 35.5. The minimum absolute atomic E-state index is 0.116. The number of carbonyl (C=O) groups is 1. The highest BCUT2D eigenvalue weighted by Crippen LogP contribution is 2.26. The molecule has 17 heavy (non-hydrogen) atoms. The minimum Gasteiger partial charge on any atom is -0.465 e. The Morgan fingerprint density at radius 1 is 1.41 bits per heavy atom. The minimum atomic E-state index is -0.609. The van der Waals surface area contributed by atoms with Crippen LogP contribution in [0.2, 0.25) is 5.02 Å². The van der Waals surface area contributed by atoms with Crippen LogP contribution in [0.1, 0.15) is 16.1 Å². The van der Waals surface area contributed by atoms with Gasteiger partial charge in [0, 0.05) is 11.1 Å². The number of halogens is 2. The number of esters is 1. The molecule has 88 valence electrons. The molecule has 0 aliphatic heterocycles. The Balaban J connectivity index is 2.77. The van der Waals surface area contributed by atoms with Crippen LogP contribution >= 0.6 is 11.6 Å². The van der Waals surface area contributed by atoms with Gasteiger partial charge in [-0.1, -0.05) is 11.6 Å². The first kappa shape index (κ1) is 11.8. The molecule has 0 aliphatic rings. The number of pyridine rings is 1. The Labute approximate surface area is 102 Å². The topological polar surface area (TPSA) is 39.2 Å². The van der Waals surface area contributed by atoms with Crippen molar-refractivity contribution in [2.24, 2.45) is 0 Å². The lowest BCUT2D eigenvalue weighted by molar-refractivity contribution is 0.0600. The van der Waals surface area contributed by atoms with Crippen molar-refractivity contribution in [2.45, 2.75) is 6.92 Å². The van der Waals surface area contributed by atoms with Gasteiger partial charge in [0.1, 0.15) is 11.3 Å². The van der Waals surface area contributed by atoms with E-state index in [1.54, 1.807) is 13.0 Å². The summed E-state index contributed by atoms with van der Waals surface area (Å²) in [5.41, 5.74) is 0.889. The maximum atomic E-state index is 13.8. The molecule has 1 heterocycles. The van der Waals surface area contributed by atoms with Crippen molar-refractivity contribution in [1.82, 2.24) is 4.98 Å². The molecule has 1 aromatic heterocycles. The van der Waals surface area contributed by atoms with E-state index in [4.69, 9.17) is 11.6 Å². The van der Waals surface area contributed by atoms with Crippen molar-refractivity contribution < 1.29 is 13.9 Å². The predicted molar refractivity (Wildman–Crippen MR) is 62.8 cm³/mol. The Morgan fingerprint density at radius 3 is 2.76 bits per heavy atom. The summed E-state index contributed by atoms with van der Waals surface area (Å²) in [6.45, 7) is 1.72. The van der Waals surface area contributed by atoms with Gasteiger partial charge >= 0.3 is 5.97 Å². The number of fused-ring (bicyclic) bond motifs is 1. The molecule has 0 bridgehead atoms. The third-order valence-electron chi connectivity index (χ3n) is 2.37. The molecular formula is C12H9ClFNO2. The molecule has 0 saturated carbocycles. The molecule has 0 fully saturated rings. The molecular weight excluding hydrogens is 245 g/mol. The van der Waals surface area contributed by atoms with Crippen molar-refractivity contribution in [1.29, 1.82) is 0 Å². The zero-order valence-electron chi connectivity index (χ0n) is 9.25. The van der Waals surface area contributed by atoms with Crippen molar-refractivity contribution in [3.63, 3.8) is 0 Å². The molecule has 0 spiro atoms. The monoisotopic (exact) mass is 253 g/mol. The lowest BCUT2D eigenvalue weighted by Gasteiger charge is -2.06. The molecule has 3 nitrogen and oxygen atoms in total. The fraction of sp³-hybridized carbons (Fsp3) is 0.167. The normalized spacial score (nSPS) is 10.6. The van der Waals surface area contributed by atoms with E-state index in [1.807, 2.05) is 0 Å². The SMILES string of the molecule is COC(=O)c1cc(F)c2nc(C)cc(Cl)c2c1. The first-order chi connectivity index (χ1) is 8.02. The number of methoxy groups -OCH3 is 1. The highest BCUT2D eigenvalue weighted by molar-refractivity contribution is 6.35. The lowest BCUT2D eigenvalue weighted by atomic mass is 10.1. The summed E-state index contributed by atoms with van der Waals surface area (Å²) in [6.07, 6.45) is 0. The van der Waals surface area contributed by atoms with Crippen LogP contribution in [-0.4, -0.2) is 18.1 Å². The standard InChI is InChI=1S/C12H9ClFNO2/c1-6-3-9(13)8-4-7(12(16)17-2)5-10(14)11(8)15-6/h3-5H,1-2H3. The molecule has 1 aromatic carbocycles. The average Bonchev–Trinajstić information content (AvgIpc) is 2.29. The van der Waals surface area contributed by atoms with E-state index in [1.165, 1.54) is 13.2 Å². The van der Waals surface area contributed by atoms with Crippen LogP contribution in [0.3, 0.4) is 0 Å². The van der Waals surface area contributed by atoms with Crippen LogP contribution in [0.5, 0.6) is 0 Å². The fourth-order valence-corrected chi connectivity index (χ4v) is 1.90. The van der Waals surface area contributed by atoms with Crippen molar-refractivity contribution in [3.8, 4) is 0 Å². The average molecular weight is 254 g/mol. The van der Waals surface area contributed by atoms with Gasteiger partial charge < -0.3 is 4.74 Å². The van der Waals surface area contributed by atoms with E-state index < -0.39 is 11.8 Å². The van der Waals surface area contributed by atoms with Gasteiger partial charge in [-0.2, -0.15) is 0 Å². The summed E-state index contributed by atoms with van der Waals surface area (Å²) < 4.78 is 18.3. The smallest absolute Gasteiger partial charge is 0.337 e. The van der Waals surface area contributed by atoms with Gasteiger partial charge in [-0.05, 0) is 25.1 Å². The third kappa shape index (κ3) is 2.08. The van der Waals surface area contributed by atoms with Crippen LogP contribution in [0.4, 0.5) is 4.39 Å². The zero-order valence-corrected chi connectivity index (χ0v) is 10.0. The van der Waals surface area contributed by atoms with Crippen molar-refractivity contribution in [2.75, 3.05) is 7.11 Å². The van der Waals surface area contributed by atoms with E-state index in [-0.39, 0.29) is 11.1 Å². The number of aryl methyl sites for hydroxylation is 1. The zero-order chi connectivity index (χ0) is 12.6. The molecule has 0 unspecified atom stereocenters. The third-order valence-corrected chi connectivity index (χ3v) is 2.68. The number of hydrogen-bond donors (Lipinski definition) is 0. The number of benzene rings is 1. The van der Waals surface area contributed by atoms with E-state index in [0.29, 0.717) is 16.1 Å². The van der Waals surface area contributed by atoms with E-state index >= 15 is 0 Å². The fourth-order valence-electron chi connectivity index (χ4n) is 1.60. The van der Waals surface area contributed by atoms with Crippen molar-refractivity contribution >= 4 is 28.5 Å². The Bertz CT molecular complexity index is 613. The summed E-state index contributed by atoms with van der Waals surface area (Å²) in [6, 6.07) is 4.18. The molecule has 0 amide bonds. The van der Waals surface area contributed by atoms with E-state index in [0.717, 1.165) is 6.07 Å². The molecule has 2 aromatic rings. The van der Waals surface area contributed by atoms with Gasteiger partial charge in [0.05, 0.1) is 17.7 Å². The maximum absolute atomic E-state index is 13.8. The largest absolute Gasteiger partial charge is 0.465 e. The Hall–Kier alpha value is -1.68. The van der Waals surface area contributed by atoms with E-state index in [9.17, 15) is 9.18 Å². The van der Waals surface area contributed by atoms with Crippen LogP contribution in [-0.2, 0) is 4.74 Å². The van der Waals surface area contributed by atoms with Gasteiger partial charge in [-0.25, -0.2) is 14.2 Å². The van der Waals surface area contributed by atoms with Gasteiger partial charge in [0.15, 0.2) is 0 Å². The summed E-state index contributed by atoms with van der Waals surface area (Å²) >= 11 is 6.00. The van der Waals surface area contributed by atoms with Crippen LogP contribution in [0, 0.1) is 12.7 Å². The molecule has 0 atom stereocenters. The Morgan fingerprint density at radius 2 is 2.12 bits per heavy atom. The lowest BCUT2D eigenvalue weighted by Crippen LogP contribution is -2.02. The number of hydrogen-bond acceptors (Lipinski definition) is 3. The second kappa shape index (κ2) is 4.30. The molecule has 0 aliphatic carbocycles. The van der Waals surface area contributed by atoms with Gasteiger partial charge in [-0.3, -0.25) is 0 Å². The number of aromatic nitrogens is 1. The number of ether oxygens (including phenoxy) is 1. The summed E-state index contributed by atoms with van der Waals surface area (Å²) in [7, 11) is 1.24. The number of carbonyl (C=O) groups excluding carboxylic acids is 1. The first-order valence-electron chi connectivity index (χ1n) is 4.87. The molecule has 5 heteroatoms. The second-order valence-electron chi connectivity index (χ2n) is 3.59. The van der Waals surface area contributed by atoms with E-state index in [2.05, 4.69) is 9.72 Å². The quantitative estimate of drug-likeness (QED) is 0.733. The number of nitrogens with zero attached hydrogens (tertiary/aromatic N) is 1. The molecule has 0 saturated heterocycles. The van der Waals surface area contributed by atoms with Crippen LogP contribution in [0.25, 0.3) is 10.9 Å². The van der Waals surface area contributed by atoms with Crippen LogP contribution in [0.15, 0.2) is 18.2 Å². The van der Waals surface area contributed by atoms with Gasteiger partial charge in [0.2, 0.25) is 0 Å². The molecule has 0 radical (unpaired) electrons.